The van der Waals surface area contributed by atoms with Crippen LogP contribution in [-0.2, 0) is 6.42 Å². The zero-order valence-electron chi connectivity index (χ0n) is 13.1. The van der Waals surface area contributed by atoms with Gasteiger partial charge in [-0.2, -0.15) is 0 Å². The van der Waals surface area contributed by atoms with Crippen LogP contribution in [0.1, 0.15) is 30.4 Å². The van der Waals surface area contributed by atoms with Crippen molar-refractivity contribution in [2.24, 2.45) is 0 Å². The topological polar surface area (TPSA) is 15.8 Å². The Hall–Kier alpha value is -2.54. The maximum atomic E-state index is 3.59. The van der Waals surface area contributed by atoms with Gasteiger partial charge in [0.2, 0.25) is 0 Å². The predicted molar refractivity (Wildman–Crippen MR) is 98.5 cm³/mol. The molecule has 0 bridgehead atoms. The number of rotatable bonds is 1. The van der Waals surface area contributed by atoms with Crippen molar-refractivity contribution < 1.29 is 0 Å². The van der Waals surface area contributed by atoms with Gasteiger partial charge in [-0.25, -0.2) is 0 Å². The number of allylic oxidation sites excluding steroid dienone is 1. The monoisotopic (exact) mass is 297 g/mol. The van der Waals surface area contributed by atoms with Crippen LogP contribution in [0.5, 0.6) is 0 Å². The van der Waals surface area contributed by atoms with Crippen LogP contribution in [0.2, 0.25) is 0 Å². The van der Waals surface area contributed by atoms with E-state index in [1.807, 2.05) is 0 Å². The lowest BCUT2D eigenvalue weighted by molar-refractivity contribution is 0.986. The van der Waals surface area contributed by atoms with Crippen molar-refractivity contribution in [3.63, 3.8) is 0 Å². The molecule has 1 heteroatoms. The molecule has 2 aliphatic rings. The lowest BCUT2D eigenvalue weighted by atomic mass is 9.93. The molecule has 1 heterocycles. The molecule has 3 aromatic rings. The first kappa shape index (κ1) is 13.0. The van der Waals surface area contributed by atoms with Crippen LogP contribution in [0, 0.1) is 0 Å². The lowest BCUT2D eigenvalue weighted by Crippen LogP contribution is -2.24. The number of benzene rings is 2. The fourth-order valence-electron chi connectivity index (χ4n) is 3.86. The van der Waals surface area contributed by atoms with Crippen molar-refractivity contribution in [1.29, 1.82) is 0 Å². The normalized spacial score (nSPS) is 15.7. The molecule has 2 aliphatic carbocycles. The average Bonchev–Trinajstić information content (AvgIpc) is 2.99. The molecule has 0 amide bonds. The number of aryl methyl sites for hydroxylation is 1. The van der Waals surface area contributed by atoms with Gasteiger partial charge in [-0.15, -0.1) is 0 Å². The minimum absolute atomic E-state index is 1.14. The summed E-state index contributed by atoms with van der Waals surface area (Å²) in [5.74, 6) is 0. The summed E-state index contributed by atoms with van der Waals surface area (Å²) < 4.78 is 0. The second kappa shape index (κ2) is 4.99. The van der Waals surface area contributed by atoms with Crippen molar-refractivity contribution in [3.05, 3.63) is 64.2 Å². The Balaban J connectivity index is 1.68. The van der Waals surface area contributed by atoms with Gasteiger partial charge in [0.1, 0.15) is 0 Å². The number of hydrogen-bond acceptors (Lipinski definition) is 0. The second-order valence-electron chi connectivity index (χ2n) is 6.55. The Morgan fingerprint density at radius 2 is 1.70 bits per heavy atom. The first-order valence-corrected chi connectivity index (χ1v) is 8.50. The summed E-state index contributed by atoms with van der Waals surface area (Å²) in [5.41, 5.74) is 6.68. The fraction of sp³-hybridized carbons (Fsp3) is 0.182. The zero-order chi connectivity index (χ0) is 15.2. The number of aromatic nitrogens is 1. The van der Waals surface area contributed by atoms with Gasteiger partial charge in [-0.3, -0.25) is 0 Å². The first-order valence-electron chi connectivity index (χ1n) is 8.50. The molecule has 0 saturated heterocycles. The van der Waals surface area contributed by atoms with Gasteiger partial charge in [-0.1, -0.05) is 48.6 Å². The fourth-order valence-corrected chi connectivity index (χ4v) is 3.86. The second-order valence-corrected chi connectivity index (χ2v) is 6.55. The Morgan fingerprint density at radius 1 is 0.826 bits per heavy atom. The van der Waals surface area contributed by atoms with Crippen LogP contribution in [0.25, 0.3) is 40.3 Å². The molecule has 0 spiro atoms. The quantitative estimate of drug-likeness (QED) is 0.694. The smallest absolute Gasteiger partial charge is 0.0470 e. The molecule has 5 rings (SSSR count). The van der Waals surface area contributed by atoms with Gasteiger partial charge in [0, 0.05) is 21.5 Å². The van der Waals surface area contributed by atoms with Gasteiger partial charge in [-0.05, 0) is 60.1 Å². The van der Waals surface area contributed by atoms with Gasteiger partial charge in [0.25, 0.3) is 0 Å². The first-order chi connectivity index (χ1) is 11.4. The van der Waals surface area contributed by atoms with E-state index in [4.69, 9.17) is 0 Å². The largest absolute Gasteiger partial charge is 0.355 e. The highest BCUT2D eigenvalue weighted by Gasteiger charge is 2.08. The molecule has 0 unspecified atom stereocenters. The molecular formula is C22H19N. The SMILES string of the molecule is C1=Cc2cc(-c3ccc4c5c([nH]c4c3)=CCCC=5)ccc2CC1. The molecule has 0 atom stereocenters. The van der Waals surface area contributed by atoms with Gasteiger partial charge in [0.15, 0.2) is 0 Å². The van der Waals surface area contributed by atoms with Crippen molar-refractivity contribution in [1.82, 2.24) is 4.98 Å². The van der Waals surface area contributed by atoms with Crippen LogP contribution in [0.15, 0.2) is 42.5 Å². The number of fused-ring (bicyclic) bond motifs is 4. The number of aromatic amines is 1. The molecular weight excluding hydrogens is 278 g/mol. The minimum Gasteiger partial charge on any atom is -0.355 e. The number of H-pyrrole nitrogens is 1. The summed E-state index contributed by atoms with van der Waals surface area (Å²) in [5, 5.41) is 4.01. The molecule has 1 N–H and O–H groups in total. The van der Waals surface area contributed by atoms with E-state index < -0.39 is 0 Å². The third-order valence-corrected chi connectivity index (χ3v) is 5.09. The van der Waals surface area contributed by atoms with E-state index in [0.29, 0.717) is 0 Å². The van der Waals surface area contributed by atoms with Crippen molar-refractivity contribution >= 4 is 29.1 Å². The van der Waals surface area contributed by atoms with E-state index in [0.717, 1.165) is 12.8 Å². The summed E-state index contributed by atoms with van der Waals surface area (Å²) in [7, 11) is 0. The summed E-state index contributed by atoms with van der Waals surface area (Å²) in [6, 6.07) is 13.7. The van der Waals surface area contributed by atoms with Crippen LogP contribution in [-0.4, -0.2) is 4.98 Å². The maximum Gasteiger partial charge on any atom is 0.0470 e. The van der Waals surface area contributed by atoms with E-state index in [1.54, 1.807) is 0 Å². The van der Waals surface area contributed by atoms with E-state index in [-0.39, 0.29) is 0 Å². The molecule has 2 aromatic carbocycles. The third-order valence-electron chi connectivity index (χ3n) is 5.09. The molecule has 112 valence electrons. The Bertz CT molecular complexity index is 1060. The zero-order valence-corrected chi connectivity index (χ0v) is 13.1. The van der Waals surface area contributed by atoms with E-state index in [2.05, 4.69) is 65.7 Å². The van der Waals surface area contributed by atoms with E-state index in [1.165, 1.54) is 56.6 Å². The Morgan fingerprint density at radius 3 is 2.70 bits per heavy atom. The molecule has 0 aliphatic heterocycles. The molecule has 23 heavy (non-hydrogen) atoms. The van der Waals surface area contributed by atoms with Crippen molar-refractivity contribution in [2.75, 3.05) is 0 Å². The van der Waals surface area contributed by atoms with Crippen LogP contribution in [0.3, 0.4) is 0 Å². The standard InChI is InChI=1S/C22H19N/c1-2-6-16-13-17(10-9-15(16)5-1)18-11-12-20-19-7-3-4-8-21(19)23-22(20)14-18/h2,6-14,23H,1,3-5H2. The summed E-state index contributed by atoms with van der Waals surface area (Å²) >= 11 is 0. The highest BCUT2D eigenvalue weighted by atomic mass is 14.7. The molecule has 1 aromatic heterocycles. The van der Waals surface area contributed by atoms with E-state index in [9.17, 15) is 0 Å². The average molecular weight is 297 g/mol. The van der Waals surface area contributed by atoms with Gasteiger partial charge >= 0.3 is 0 Å². The predicted octanol–water partition coefficient (Wildman–Crippen LogP) is 4.15. The minimum atomic E-state index is 1.14. The molecule has 0 radical (unpaired) electrons. The lowest BCUT2D eigenvalue weighted by Gasteiger charge is -2.12. The third kappa shape index (κ3) is 2.08. The van der Waals surface area contributed by atoms with E-state index >= 15 is 0 Å². The van der Waals surface area contributed by atoms with Crippen molar-refractivity contribution in [2.45, 2.75) is 25.7 Å². The Kier molecular flexibility index (Phi) is 2.81. The summed E-state index contributed by atoms with van der Waals surface area (Å²) in [6.07, 6.45) is 13.8. The Labute approximate surface area is 135 Å². The van der Waals surface area contributed by atoms with Crippen LogP contribution in [0.4, 0.5) is 0 Å². The van der Waals surface area contributed by atoms with Crippen LogP contribution < -0.4 is 10.6 Å². The van der Waals surface area contributed by atoms with Gasteiger partial charge in [0.05, 0.1) is 0 Å². The number of nitrogens with one attached hydrogen (secondary N) is 1. The summed E-state index contributed by atoms with van der Waals surface area (Å²) in [6.45, 7) is 0. The van der Waals surface area contributed by atoms with Crippen molar-refractivity contribution in [3.8, 4) is 11.1 Å². The molecule has 0 saturated carbocycles. The molecule has 0 fully saturated rings. The molecule has 1 nitrogen and oxygen atoms in total. The van der Waals surface area contributed by atoms with Crippen LogP contribution >= 0.6 is 0 Å². The number of hydrogen-bond donors (Lipinski definition) is 1. The highest BCUT2D eigenvalue weighted by Crippen LogP contribution is 2.27. The summed E-state index contributed by atoms with van der Waals surface area (Å²) in [4.78, 5) is 3.59. The highest BCUT2D eigenvalue weighted by molar-refractivity contribution is 5.86. The maximum absolute atomic E-state index is 3.59. The van der Waals surface area contributed by atoms with Gasteiger partial charge < -0.3 is 4.98 Å².